The molecular formula is C55H34N4S. The molecule has 0 atom stereocenters. The molecule has 12 rings (SSSR count). The van der Waals surface area contributed by atoms with Crippen molar-refractivity contribution in [2.24, 2.45) is 0 Å². The van der Waals surface area contributed by atoms with E-state index >= 15 is 0 Å². The topological polar surface area (TPSA) is 43.6 Å². The first-order valence-corrected chi connectivity index (χ1v) is 21.0. The van der Waals surface area contributed by atoms with Gasteiger partial charge in [-0.1, -0.05) is 164 Å². The smallest absolute Gasteiger partial charge is 0.164 e. The summed E-state index contributed by atoms with van der Waals surface area (Å²) < 4.78 is 4.97. The van der Waals surface area contributed by atoms with Gasteiger partial charge in [-0.3, -0.25) is 0 Å². The number of hydrogen-bond acceptors (Lipinski definition) is 4. The van der Waals surface area contributed by atoms with E-state index in [1.807, 2.05) is 11.3 Å². The number of aromatic nitrogens is 4. The minimum atomic E-state index is 0.613. The van der Waals surface area contributed by atoms with E-state index in [0.717, 1.165) is 61.1 Å². The van der Waals surface area contributed by atoms with Gasteiger partial charge in [0.2, 0.25) is 0 Å². The van der Waals surface area contributed by atoms with Crippen molar-refractivity contribution in [3.05, 3.63) is 206 Å². The second kappa shape index (κ2) is 14.0. The number of benzene rings is 9. The molecule has 4 nitrogen and oxygen atoms in total. The standard InChI is InChI=1S/C55H34N4S/c1-2-14-36(15-3-1)43-29-28-42(33-50(43)59-48-22-9-6-19-44(48)45-20-7-10-23-49(45)59)55-57-53(56-54(58-55)41-26-25-35-13-4-5-16-37(35)31-41)40-18-12-17-38(32-40)39-27-30-47-46-21-8-11-24-51(46)60-52(47)34-39/h1-34H. The van der Waals surface area contributed by atoms with Gasteiger partial charge in [0.15, 0.2) is 17.5 Å². The fourth-order valence-corrected chi connectivity index (χ4v) is 9.88. The molecule has 0 unspecified atom stereocenters. The van der Waals surface area contributed by atoms with E-state index in [2.05, 4.69) is 211 Å². The van der Waals surface area contributed by atoms with Gasteiger partial charge >= 0.3 is 0 Å². The van der Waals surface area contributed by atoms with Crippen molar-refractivity contribution in [3.8, 4) is 62.1 Å². The Morgan fingerprint density at radius 2 is 0.850 bits per heavy atom. The van der Waals surface area contributed by atoms with Crippen LogP contribution in [0.1, 0.15) is 0 Å². The summed E-state index contributed by atoms with van der Waals surface area (Å²) >= 11 is 1.84. The summed E-state index contributed by atoms with van der Waals surface area (Å²) in [4.78, 5) is 15.8. The number of hydrogen-bond donors (Lipinski definition) is 0. The average molecular weight is 783 g/mol. The van der Waals surface area contributed by atoms with Gasteiger partial charge in [-0.05, 0) is 69.9 Å². The summed E-state index contributed by atoms with van der Waals surface area (Å²) in [6.45, 7) is 0. The van der Waals surface area contributed by atoms with E-state index < -0.39 is 0 Å². The highest BCUT2D eigenvalue weighted by atomic mass is 32.1. The zero-order valence-electron chi connectivity index (χ0n) is 32.3. The Balaban J connectivity index is 1.06. The second-order valence-corrected chi connectivity index (χ2v) is 16.3. The van der Waals surface area contributed by atoms with Crippen molar-refractivity contribution >= 4 is 64.1 Å². The predicted molar refractivity (Wildman–Crippen MR) is 252 cm³/mol. The number of rotatable bonds is 6. The van der Waals surface area contributed by atoms with Gasteiger partial charge in [-0.15, -0.1) is 11.3 Å². The second-order valence-electron chi connectivity index (χ2n) is 15.2. The van der Waals surface area contributed by atoms with Gasteiger partial charge in [-0.2, -0.15) is 0 Å². The monoisotopic (exact) mass is 782 g/mol. The molecular weight excluding hydrogens is 749 g/mol. The maximum atomic E-state index is 5.30. The summed E-state index contributed by atoms with van der Waals surface area (Å²) in [5.41, 5.74) is 10.7. The molecule has 0 aliphatic heterocycles. The first kappa shape index (κ1) is 34.3. The third-order valence-corrected chi connectivity index (χ3v) is 12.8. The van der Waals surface area contributed by atoms with Crippen LogP contribution in [0.25, 0.3) is 115 Å². The lowest BCUT2D eigenvalue weighted by molar-refractivity contribution is 1.07. The van der Waals surface area contributed by atoms with Gasteiger partial charge in [0, 0.05) is 53.2 Å². The Kier molecular flexibility index (Phi) is 8.00. The molecule has 0 radical (unpaired) electrons. The van der Waals surface area contributed by atoms with Crippen molar-refractivity contribution in [2.45, 2.75) is 0 Å². The van der Waals surface area contributed by atoms with E-state index in [4.69, 9.17) is 15.0 Å². The number of fused-ring (bicyclic) bond motifs is 7. The molecule has 0 spiro atoms. The van der Waals surface area contributed by atoms with Crippen LogP contribution in [0.3, 0.4) is 0 Å². The van der Waals surface area contributed by atoms with Crippen LogP contribution in [0.5, 0.6) is 0 Å². The molecule has 0 amide bonds. The number of nitrogens with zero attached hydrogens (tertiary/aromatic N) is 4. The first-order valence-electron chi connectivity index (χ1n) is 20.2. The quantitative estimate of drug-likeness (QED) is 0.169. The fourth-order valence-electron chi connectivity index (χ4n) is 8.73. The van der Waals surface area contributed by atoms with Gasteiger partial charge in [0.25, 0.3) is 0 Å². The highest BCUT2D eigenvalue weighted by molar-refractivity contribution is 7.25. The lowest BCUT2D eigenvalue weighted by Crippen LogP contribution is -2.02. The SMILES string of the molecule is c1ccc(-c2ccc(-c3nc(-c4cccc(-c5ccc6c(c5)sc5ccccc56)c4)nc(-c4ccc5ccccc5c4)n3)cc2-n2c3ccccc3c3ccccc32)cc1. The molecule has 0 N–H and O–H groups in total. The number of thiophene rings is 1. The van der Waals surface area contributed by atoms with Crippen molar-refractivity contribution < 1.29 is 0 Å². The summed E-state index contributed by atoms with van der Waals surface area (Å²) in [5.74, 6) is 1.86. The minimum Gasteiger partial charge on any atom is -0.309 e. The van der Waals surface area contributed by atoms with E-state index in [9.17, 15) is 0 Å². The van der Waals surface area contributed by atoms with Gasteiger partial charge in [0.1, 0.15) is 0 Å². The maximum absolute atomic E-state index is 5.30. The zero-order valence-corrected chi connectivity index (χ0v) is 33.1. The van der Waals surface area contributed by atoms with Crippen LogP contribution in [0.2, 0.25) is 0 Å². The van der Waals surface area contributed by atoms with Gasteiger partial charge in [-0.25, -0.2) is 15.0 Å². The molecule has 0 bridgehead atoms. The van der Waals surface area contributed by atoms with Crippen LogP contribution in [0.4, 0.5) is 0 Å². The summed E-state index contributed by atoms with van der Waals surface area (Å²) in [6, 6.07) is 73.4. The Labute approximate surface area is 350 Å². The molecule has 12 aromatic rings. The summed E-state index contributed by atoms with van der Waals surface area (Å²) in [6.07, 6.45) is 0. The highest BCUT2D eigenvalue weighted by Crippen LogP contribution is 2.40. The van der Waals surface area contributed by atoms with E-state index in [1.54, 1.807) is 0 Å². The van der Waals surface area contributed by atoms with Crippen LogP contribution < -0.4 is 0 Å². The van der Waals surface area contributed by atoms with Gasteiger partial charge < -0.3 is 4.57 Å². The Morgan fingerprint density at radius 3 is 1.62 bits per heavy atom. The molecule has 0 aliphatic rings. The van der Waals surface area contributed by atoms with Crippen molar-refractivity contribution in [3.63, 3.8) is 0 Å². The summed E-state index contributed by atoms with van der Waals surface area (Å²) in [7, 11) is 0. The first-order chi connectivity index (χ1) is 29.7. The maximum Gasteiger partial charge on any atom is 0.164 e. The molecule has 0 aliphatic carbocycles. The molecule has 280 valence electrons. The van der Waals surface area contributed by atoms with E-state index in [0.29, 0.717) is 17.5 Å². The van der Waals surface area contributed by atoms with E-state index in [-0.39, 0.29) is 0 Å². The van der Waals surface area contributed by atoms with Crippen LogP contribution in [0.15, 0.2) is 206 Å². The van der Waals surface area contributed by atoms with Crippen molar-refractivity contribution in [1.29, 1.82) is 0 Å². The Hall–Kier alpha value is -7.73. The summed E-state index contributed by atoms with van der Waals surface area (Å²) in [5, 5.41) is 7.32. The fraction of sp³-hybridized carbons (Fsp3) is 0. The molecule has 9 aromatic carbocycles. The van der Waals surface area contributed by atoms with Crippen molar-refractivity contribution in [1.82, 2.24) is 19.5 Å². The van der Waals surface area contributed by atoms with Crippen LogP contribution in [0, 0.1) is 0 Å². The van der Waals surface area contributed by atoms with Gasteiger partial charge in [0.05, 0.1) is 16.7 Å². The molecule has 5 heteroatoms. The van der Waals surface area contributed by atoms with Crippen LogP contribution in [-0.4, -0.2) is 19.5 Å². The predicted octanol–water partition coefficient (Wildman–Crippen LogP) is 14.8. The van der Waals surface area contributed by atoms with E-state index in [1.165, 1.54) is 36.3 Å². The molecule has 3 aromatic heterocycles. The third kappa shape index (κ3) is 5.78. The Morgan fingerprint density at radius 1 is 0.317 bits per heavy atom. The Bertz CT molecular complexity index is 3570. The number of para-hydroxylation sites is 2. The highest BCUT2D eigenvalue weighted by Gasteiger charge is 2.19. The lowest BCUT2D eigenvalue weighted by Gasteiger charge is -2.16. The molecule has 60 heavy (non-hydrogen) atoms. The molecule has 0 saturated carbocycles. The zero-order chi connectivity index (χ0) is 39.6. The minimum absolute atomic E-state index is 0.613. The normalized spacial score (nSPS) is 11.7. The largest absolute Gasteiger partial charge is 0.309 e. The van der Waals surface area contributed by atoms with Crippen LogP contribution in [-0.2, 0) is 0 Å². The molecule has 3 heterocycles. The third-order valence-electron chi connectivity index (χ3n) is 11.6. The molecule has 0 saturated heterocycles. The van der Waals surface area contributed by atoms with Crippen molar-refractivity contribution in [2.75, 3.05) is 0 Å². The van der Waals surface area contributed by atoms with Crippen LogP contribution >= 0.6 is 11.3 Å². The molecule has 0 fully saturated rings. The average Bonchev–Trinajstić information content (AvgIpc) is 3.87. The lowest BCUT2D eigenvalue weighted by atomic mass is 10.00.